The maximum Gasteiger partial charge on any atom is 0.411 e. The highest BCUT2D eigenvalue weighted by Crippen LogP contribution is 2.50. The molecule has 4 heteroatoms. The summed E-state index contributed by atoms with van der Waals surface area (Å²) in [7, 11) is 0. The SMILES string of the molecule is CC(C)(C)OC(=O)N1C2(C)CCC1(C)CC(O)C2. The highest BCUT2D eigenvalue weighted by atomic mass is 16.6. The minimum atomic E-state index is -0.473. The van der Waals surface area contributed by atoms with Crippen LogP contribution in [0.4, 0.5) is 4.79 Å². The molecule has 2 aliphatic heterocycles. The largest absolute Gasteiger partial charge is 0.444 e. The van der Waals surface area contributed by atoms with Gasteiger partial charge in [-0.25, -0.2) is 4.79 Å². The van der Waals surface area contributed by atoms with E-state index in [-0.39, 0.29) is 23.3 Å². The number of carbonyl (C=O) groups excluding carboxylic acids is 1. The third-order valence-corrected chi connectivity index (χ3v) is 4.21. The van der Waals surface area contributed by atoms with Crippen molar-refractivity contribution >= 4 is 6.09 Å². The molecule has 0 aromatic heterocycles. The number of amides is 1. The molecule has 2 bridgehead atoms. The number of hydrogen-bond acceptors (Lipinski definition) is 3. The van der Waals surface area contributed by atoms with Crippen LogP contribution in [0, 0.1) is 0 Å². The van der Waals surface area contributed by atoms with Crippen LogP contribution in [-0.4, -0.2) is 38.9 Å². The van der Waals surface area contributed by atoms with E-state index in [0.29, 0.717) is 12.8 Å². The number of nitrogens with zero attached hydrogens (tertiary/aromatic N) is 1. The van der Waals surface area contributed by atoms with Crippen LogP contribution in [0.15, 0.2) is 0 Å². The average molecular weight is 255 g/mol. The lowest BCUT2D eigenvalue weighted by molar-refractivity contribution is -0.0630. The molecule has 0 aromatic carbocycles. The molecule has 18 heavy (non-hydrogen) atoms. The predicted octanol–water partition coefficient (Wildman–Crippen LogP) is 2.69. The van der Waals surface area contributed by atoms with Crippen LogP contribution in [0.5, 0.6) is 0 Å². The van der Waals surface area contributed by atoms with E-state index in [9.17, 15) is 9.90 Å². The van der Waals surface area contributed by atoms with E-state index in [4.69, 9.17) is 4.74 Å². The van der Waals surface area contributed by atoms with Gasteiger partial charge in [0, 0.05) is 11.1 Å². The molecule has 2 aliphatic rings. The summed E-state index contributed by atoms with van der Waals surface area (Å²) in [6.45, 7) is 9.78. The molecule has 0 radical (unpaired) electrons. The van der Waals surface area contributed by atoms with Crippen molar-refractivity contribution in [1.29, 1.82) is 0 Å². The molecular formula is C14H25NO3. The second kappa shape index (κ2) is 3.86. The second-order valence-electron chi connectivity index (χ2n) is 7.37. The fraction of sp³-hybridized carbons (Fsp3) is 0.929. The van der Waals surface area contributed by atoms with Crippen LogP contribution < -0.4 is 0 Å². The normalized spacial score (nSPS) is 39.9. The minimum Gasteiger partial charge on any atom is -0.444 e. The van der Waals surface area contributed by atoms with Gasteiger partial charge >= 0.3 is 6.09 Å². The van der Waals surface area contributed by atoms with E-state index < -0.39 is 5.60 Å². The predicted molar refractivity (Wildman–Crippen MR) is 69.4 cm³/mol. The van der Waals surface area contributed by atoms with Crippen molar-refractivity contribution in [3.8, 4) is 0 Å². The number of rotatable bonds is 0. The van der Waals surface area contributed by atoms with Crippen LogP contribution in [-0.2, 0) is 4.74 Å². The van der Waals surface area contributed by atoms with Crippen LogP contribution in [0.25, 0.3) is 0 Å². The second-order valence-corrected chi connectivity index (χ2v) is 7.37. The topological polar surface area (TPSA) is 49.8 Å². The van der Waals surface area contributed by atoms with Crippen molar-refractivity contribution in [3.05, 3.63) is 0 Å². The van der Waals surface area contributed by atoms with Crippen molar-refractivity contribution < 1.29 is 14.6 Å². The van der Waals surface area contributed by atoms with Gasteiger partial charge in [0.05, 0.1) is 6.10 Å². The molecule has 104 valence electrons. The molecule has 2 unspecified atom stereocenters. The lowest BCUT2D eigenvalue weighted by Crippen LogP contribution is -2.61. The molecule has 0 spiro atoms. The van der Waals surface area contributed by atoms with Crippen molar-refractivity contribution in [3.63, 3.8) is 0 Å². The van der Waals surface area contributed by atoms with Gasteiger partial charge in [-0.15, -0.1) is 0 Å². The van der Waals surface area contributed by atoms with Crippen LogP contribution in [0.2, 0.25) is 0 Å². The molecule has 2 saturated heterocycles. The third-order valence-electron chi connectivity index (χ3n) is 4.21. The summed E-state index contributed by atoms with van der Waals surface area (Å²) in [4.78, 5) is 14.3. The van der Waals surface area contributed by atoms with Crippen LogP contribution in [0.1, 0.15) is 60.3 Å². The standard InChI is InChI=1S/C14H25NO3/c1-12(2,3)18-11(17)15-13(4)6-7-14(15,5)9-10(16)8-13/h10,16H,6-9H2,1-5H3. The monoisotopic (exact) mass is 255 g/mol. The summed E-state index contributed by atoms with van der Waals surface area (Å²) in [5, 5.41) is 9.97. The Labute approximate surface area is 109 Å². The van der Waals surface area contributed by atoms with E-state index in [1.54, 1.807) is 0 Å². The first-order valence-corrected chi connectivity index (χ1v) is 6.77. The molecule has 1 N–H and O–H groups in total. The highest BCUT2D eigenvalue weighted by Gasteiger charge is 2.58. The average Bonchev–Trinajstić information content (AvgIpc) is 2.27. The van der Waals surface area contributed by atoms with Gasteiger partial charge in [0.1, 0.15) is 5.60 Å². The summed E-state index contributed by atoms with van der Waals surface area (Å²) in [6, 6.07) is 0. The van der Waals surface area contributed by atoms with E-state index in [1.807, 2.05) is 25.7 Å². The van der Waals surface area contributed by atoms with Gasteiger partial charge < -0.3 is 9.84 Å². The summed E-state index contributed by atoms with van der Waals surface area (Å²) >= 11 is 0. The summed E-state index contributed by atoms with van der Waals surface area (Å²) in [6.07, 6.45) is 2.65. The molecule has 4 nitrogen and oxygen atoms in total. The number of fused-ring (bicyclic) bond motifs is 2. The molecule has 0 saturated carbocycles. The van der Waals surface area contributed by atoms with Crippen LogP contribution >= 0.6 is 0 Å². The zero-order valence-corrected chi connectivity index (χ0v) is 12.1. The first-order valence-electron chi connectivity index (χ1n) is 6.77. The number of carbonyl (C=O) groups is 1. The van der Waals surface area contributed by atoms with Crippen molar-refractivity contribution in [2.75, 3.05) is 0 Å². The third kappa shape index (κ3) is 2.22. The van der Waals surface area contributed by atoms with Gasteiger partial charge in [0.15, 0.2) is 0 Å². The van der Waals surface area contributed by atoms with E-state index in [2.05, 4.69) is 13.8 Å². The summed E-state index contributed by atoms with van der Waals surface area (Å²) in [5.74, 6) is 0. The molecule has 2 fully saturated rings. The Morgan fingerprint density at radius 1 is 1.22 bits per heavy atom. The number of aliphatic hydroxyl groups excluding tert-OH is 1. The van der Waals surface area contributed by atoms with E-state index >= 15 is 0 Å². The van der Waals surface area contributed by atoms with Gasteiger partial charge in [-0.2, -0.15) is 0 Å². The van der Waals surface area contributed by atoms with Gasteiger partial charge in [0.2, 0.25) is 0 Å². The Morgan fingerprint density at radius 2 is 1.67 bits per heavy atom. The Kier molecular flexibility index (Phi) is 2.93. The maximum atomic E-state index is 12.4. The quantitative estimate of drug-likeness (QED) is 0.724. The Hall–Kier alpha value is -0.770. The summed E-state index contributed by atoms with van der Waals surface area (Å²) in [5.41, 5.74) is -0.983. The zero-order chi connectivity index (χ0) is 13.8. The number of piperidine rings is 1. The minimum absolute atomic E-state index is 0.239. The molecule has 2 heterocycles. The molecular weight excluding hydrogens is 230 g/mol. The van der Waals surface area contributed by atoms with Gasteiger partial charge in [0.25, 0.3) is 0 Å². The Balaban J connectivity index is 2.25. The van der Waals surface area contributed by atoms with Crippen molar-refractivity contribution in [2.45, 2.75) is 83.1 Å². The lowest BCUT2D eigenvalue weighted by Gasteiger charge is -2.49. The van der Waals surface area contributed by atoms with Gasteiger partial charge in [-0.1, -0.05) is 0 Å². The Morgan fingerprint density at radius 3 is 2.06 bits per heavy atom. The van der Waals surface area contributed by atoms with Crippen molar-refractivity contribution in [1.82, 2.24) is 4.90 Å². The van der Waals surface area contributed by atoms with Crippen LogP contribution in [0.3, 0.4) is 0 Å². The maximum absolute atomic E-state index is 12.4. The molecule has 2 atom stereocenters. The number of aliphatic hydroxyl groups is 1. The fourth-order valence-corrected chi connectivity index (χ4v) is 3.64. The van der Waals surface area contributed by atoms with Gasteiger partial charge in [-0.05, 0) is 60.3 Å². The Bertz CT molecular complexity index is 343. The molecule has 0 aliphatic carbocycles. The van der Waals surface area contributed by atoms with Crippen molar-refractivity contribution in [2.24, 2.45) is 0 Å². The fourth-order valence-electron chi connectivity index (χ4n) is 3.64. The molecule has 2 rings (SSSR count). The van der Waals surface area contributed by atoms with E-state index in [0.717, 1.165) is 12.8 Å². The lowest BCUT2D eigenvalue weighted by atomic mass is 9.84. The summed E-state index contributed by atoms with van der Waals surface area (Å²) < 4.78 is 5.53. The first kappa shape index (κ1) is 13.7. The smallest absolute Gasteiger partial charge is 0.411 e. The zero-order valence-electron chi connectivity index (χ0n) is 12.1. The highest BCUT2D eigenvalue weighted by molar-refractivity contribution is 5.71. The van der Waals surface area contributed by atoms with Gasteiger partial charge in [-0.3, -0.25) is 4.90 Å². The number of hydrogen-bond donors (Lipinski definition) is 1. The molecule has 0 aromatic rings. The molecule has 1 amide bonds. The number of ether oxygens (including phenoxy) is 1. The first-order chi connectivity index (χ1) is 8.06. The van der Waals surface area contributed by atoms with E-state index in [1.165, 1.54) is 0 Å².